The minimum Gasteiger partial charge on any atom is -0.489 e. The van der Waals surface area contributed by atoms with Gasteiger partial charge in [0.25, 0.3) is 0 Å². The van der Waals surface area contributed by atoms with Gasteiger partial charge in [-0.3, -0.25) is 4.79 Å². The molecule has 0 atom stereocenters. The van der Waals surface area contributed by atoms with Gasteiger partial charge in [-0.15, -0.1) is 0 Å². The summed E-state index contributed by atoms with van der Waals surface area (Å²) in [4.78, 5) is 12.0. The highest BCUT2D eigenvalue weighted by molar-refractivity contribution is 5.93. The van der Waals surface area contributed by atoms with E-state index < -0.39 is 0 Å². The van der Waals surface area contributed by atoms with Gasteiger partial charge in [0.15, 0.2) is 0 Å². The number of rotatable bonds is 12. The molecule has 0 radical (unpaired) electrons. The van der Waals surface area contributed by atoms with Crippen molar-refractivity contribution in [2.24, 2.45) is 11.5 Å². The Bertz CT molecular complexity index is 1320. The molecule has 0 saturated heterocycles. The summed E-state index contributed by atoms with van der Waals surface area (Å²) in [5.74, 6) is 1.23. The van der Waals surface area contributed by atoms with Crippen LogP contribution in [0.3, 0.4) is 0 Å². The number of carbonyl (C=O) groups is 1. The number of ether oxygens (including phenoxy) is 2. The predicted octanol–water partition coefficient (Wildman–Crippen LogP) is 4.29. The summed E-state index contributed by atoms with van der Waals surface area (Å²) in [6, 6.07) is 21.9. The first-order valence-electron chi connectivity index (χ1n) is 12.2. The molecule has 0 aliphatic heterocycles. The molecule has 0 saturated carbocycles. The van der Waals surface area contributed by atoms with Crippen LogP contribution < -0.4 is 21.5 Å². The monoisotopic (exact) mass is 487 g/mol. The quantitative estimate of drug-likeness (QED) is 0.202. The minimum absolute atomic E-state index is 0.168. The lowest BCUT2D eigenvalue weighted by molar-refractivity contribution is -0.142. The van der Waals surface area contributed by atoms with Crippen LogP contribution in [-0.4, -0.2) is 25.7 Å². The van der Waals surface area contributed by atoms with Crippen molar-refractivity contribution in [3.8, 4) is 16.9 Å². The van der Waals surface area contributed by atoms with E-state index in [0.29, 0.717) is 45.1 Å². The van der Waals surface area contributed by atoms with Crippen molar-refractivity contribution in [2.45, 2.75) is 33.0 Å². The van der Waals surface area contributed by atoms with Crippen LogP contribution in [0, 0.1) is 0 Å². The van der Waals surface area contributed by atoms with E-state index in [9.17, 15) is 4.79 Å². The number of esters is 1. The fourth-order valence-corrected chi connectivity index (χ4v) is 4.15. The molecule has 0 spiro atoms. The molecule has 1 aromatic heterocycles. The van der Waals surface area contributed by atoms with Gasteiger partial charge in [0.2, 0.25) is 0 Å². The van der Waals surface area contributed by atoms with Gasteiger partial charge in [-0.2, -0.15) is 0 Å². The second kappa shape index (κ2) is 12.4. The first-order valence-corrected chi connectivity index (χ1v) is 12.2. The van der Waals surface area contributed by atoms with E-state index in [4.69, 9.17) is 25.4 Å². The molecule has 1 heterocycles. The van der Waals surface area contributed by atoms with Crippen LogP contribution in [0.4, 0.5) is 0 Å². The molecule has 0 unspecified atom stereocenters. The Labute approximate surface area is 211 Å². The van der Waals surface area contributed by atoms with E-state index in [1.807, 2.05) is 42.5 Å². The van der Waals surface area contributed by atoms with Gasteiger partial charge in [0, 0.05) is 36.1 Å². The number of benzene rings is 3. The number of nitrogens with one attached hydrogen (secondary N) is 1. The Hall–Kier alpha value is -3.65. The lowest BCUT2D eigenvalue weighted by atomic mass is 9.99. The number of hydrogen-bond acceptors (Lipinski definition) is 7. The van der Waals surface area contributed by atoms with Gasteiger partial charge >= 0.3 is 5.97 Å². The summed E-state index contributed by atoms with van der Waals surface area (Å²) in [7, 11) is 0. The second-order valence-corrected chi connectivity index (χ2v) is 8.52. The van der Waals surface area contributed by atoms with Crippen LogP contribution in [0.25, 0.3) is 22.1 Å². The molecule has 0 aliphatic rings. The molecule has 7 heteroatoms. The third kappa shape index (κ3) is 6.31. The average molecular weight is 488 g/mol. The number of para-hydroxylation sites is 1. The Kier molecular flexibility index (Phi) is 8.73. The number of furan rings is 1. The molecule has 0 aliphatic carbocycles. The van der Waals surface area contributed by atoms with Crippen molar-refractivity contribution in [3.63, 3.8) is 0 Å². The van der Waals surface area contributed by atoms with Crippen molar-refractivity contribution >= 4 is 16.9 Å². The molecule has 3 aromatic carbocycles. The molecule has 4 rings (SSSR count). The van der Waals surface area contributed by atoms with E-state index in [0.717, 1.165) is 44.5 Å². The minimum atomic E-state index is -0.272. The Morgan fingerprint density at radius 1 is 1.00 bits per heavy atom. The van der Waals surface area contributed by atoms with Crippen molar-refractivity contribution in [3.05, 3.63) is 89.2 Å². The van der Waals surface area contributed by atoms with E-state index in [1.165, 1.54) is 0 Å². The molecule has 5 N–H and O–H groups in total. The maximum absolute atomic E-state index is 12.0. The van der Waals surface area contributed by atoms with Crippen molar-refractivity contribution in [1.82, 2.24) is 5.32 Å². The normalized spacial score (nSPS) is 11.1. The molecular formula is C29H33N3O4. The van der Waals surface area contributed by atoms with E-state index in [2.05, 4.69) is 29.6 Å². The number of carbonyl (C=O) groups excluding carboxylic acids is 1. The Balaban J connectivity index is 1.65. The van der Waals surface area contributed by atoms with Crippen LogP contribution in [0.15, 0.2) is 71.1 Å². The number of hydrogen-bond donors (Lipinski definition) is 3. The van der Waals surface area contributed by atoms with Crippen LogP contribution >= 0.6 is 0 Å². The predicted molar refractivity (Wildman–Crippen MR) is 141 cm³/mol. The van der Waals surface area contributed by atoms with Crippen molar-refractivity contribution in [1.29, 1.82) is 0 Å². The Morgan fingerprint density at radius 2 is 1.86 bits per heavy atom. The number of fused-ring (bicyclic) bond motifs is 1. The molecule has 0 amide bonds. The summed E-state index contributed by atoms with van der Waals surface area (Å²) < 4.78 is 17.5. The molecular weight excluding hydrogens is 454 g/mol. The fourth-order valence-electron chi connectivity index (χ4n) is 4.15. The van der Waals surface area contributed by atoms with Crippen LogP contribution in [0.1, 0.15) is 29.4 Å². The molecule has 188 valence electrons. The topological polar surface area (TPSA) is 113 Å². The van der Waals surface area contributed by atoms with Crippen LogP contribution in [0.2, 0.25) is 0 Å². The van der Waals surface area contributed by atoms with E-state index in [1.54, 1.807) is 6.92 Å². The van der Waals surface area contributed by atoms with Gasteiger partial charge < -0.3 is 30.7 Å². The zero-order valence-corrected chi connectivity index (χ0v) is 20.6. The Morgan fingerprint density at radius 3 is 2.67 bits per heavy atom. The van der Waals surface area contributed by atoms with Crippen molar-refractivity contribution in [2.75, 3.05) is 19.7 Å². The zero-order chi connectivity index (χ0) is 25.3. The lowest BCUT2D eigenvalue weighted by Crippen LogP contribution is -2.21. The largest absolute Gasteiger partial charge is 0.489 e. The van der Waals surface area contributed by atoms with Gasteiger partial charge in [-0.25, -0.2) is 0 Å². The van der Waals surface area contributed by atoms with Gasteiger partial charge in [-0.1, -0.05) is 36.4 Å². The SMILES string of the molecule is CCOC(=O)Cc1ccccc1OCc1cc(-c2cccc(CN)c2)c2oc(CNCCN)cc2c1. The average Bonchev–Trinajstić information content (AvgIpc) is 3.31. The van der Waals surface area contributed by atoms with Crippen LogP contribution in [0.5, 0.6) is 5.75 Å². The standard InChI is InChI=1S/C29H33N3O4/c1-2-34-28(33)16-23-7-3-4-9-27(23)35-19-21-13-24-15-25(18-32-11-10-30)36-29(24)26(14-21)22-8-5-6-20(12-22)17-31/h3-9,12-15,32H,2,10-11,16-19,30-31H2,1H3. The summed E-state index contributed by atoms with van der Waals surface area (Å²) in [6.07, 6.45) is 0.168. The second-order valence-electron chi connectivity index (χ2n) is 8.52. The lowest BCUT2D eigenvalue weighted by Gasteiger charge is -2.13. The first-order chi connectivity index (χ1) is 17.6. The molecule has 0 fully saturated rings. The highest BCUT2D eigenvalue weighted by atomic mass is 16.5. The number of nitrogens with two attached hydrogens (primary N) is 2. The van der Waals surface area contributed by atoms with Gasteiger partial charge in [0.05, 0.1) is 19.6 Å². The van der Waals surface area contributed by atoms with E-state index in [-0.39, 0.29) is 12.4 Å². The summed E-state index contributed by atoms with van der Waals surface area (Å²) in [5, 5.41) is 4.28. The van der Waals surface area contributed by atoms with Gasteiger partial charge in [0.1, 0.15) is 23.7 Å². The third-order valence-corrected chi connectivity index (χ3v) is 5.83. The van der Waals surface area contributed by atoms with Gasteiger partial charge in [-0.05, 0) is 53.9 Å². The highest BCUT2D eigenvalue weighted by Crippen LogP contribution is 2.34. The molecule has 0 bridgehead atoms. The summed E-state index contributed by atoms with van der Waals surface area (Å²) >= 11 is 0. The fraction of sp³-hybridized carbons (Fsp3) is 0.276. The smallest absolute Gasteiger partial charge is 0.310 e. The zero-order valence-electron chi connectivity index (χ0n) is 20.6. The van der Waals surface area contributed by atoms with Crippen molar-refractivity contribution < 1.29 is 18.7 Å². The summed E-state index contributed by atoms with van der Waals surface area (Å²) in [6.45, 7) is 4.83. The summed E-state index contributed by atoms with van der Waals surface area (Å²) in [5.41, 5.74) is 17.2. The van der Waals surface area contributed by atoms with Crippen LogP contribution in [-0.2, 0) is 35.6 Å². The highest BCUT2D eigenvalue weighted by Gasteiger charge is 2.15. The molecule has 7 nitrogen and oxygen atoms in total. The molecule has 36 heavy (non-hydrogen) atoms. The first kappa shape index (κ1) is 25.4. The molecule has 4 aromatic rings. The maximum atomic E-state index is 12.0. The maximum Gasteiger partial charge on any atom is 0.310 e. The van der Waals surface area contributed by atoms with E-state index >= 15 is 0 Å². The third-order valence-electron chi connectivity index (χ3n) is 5.83.